The highest BCUT2D eigenvalue weighted by Crippen LogP contribution is 2.19. The number of para-hydroxylation sites is 1. The number of nitrogens with zero attached hydrogens (tertiary/aromatic N) is 1. The van der Waals surface area contributed by atoms with Gasteiger partial charge in [0.15, 0.2) is 5.82 Å². The van der Waals surface area contributed by atoms with Crippen LogP contribution in [0.5, 0.6) is 0 Å². The first-order chi connectivity index (χ1) is 11.6. The van der Waals surface area contributed by atoms with Gasteiger partial charge in [0, 0.05) is 11.5 Å². The molecule has 0 bridgehead atoms. The van der Waals surface area contributed by atoms with Crippen LogP contribution in [0.15, 0.2) is 59.4 Å². The Bertz CT molecular complexity index is 871. The SMILES string of the molecule is CC(C)[C@@H]([NH2+][C@H](C)c1nc2ccccc2c(=O)[nH]1)c1ccccc1. The fourth-order valence-corrected chi connectivity index (χ4v) is 3.12. The highest BCUT2D eigenvalue weighted by atomic mass is 16.1. The van der Waals surface area contributed by atoms with E-state index in [9.17, 15) is 4.79 Å². The normalized spacial score (nSPS) is 14.0. The van der Waals surface area contributed by atoms with E-state index in [2.05, 4.69) is 60.3 Å². The van der Waals surface area contributed by atoms with Gasteiger partial charge in [0.1, 0.15) is 12.1 Å². The van der Waals surface area contributed by atoms with Crippen molar-refractivity contribution in [1.82, 2.24) is 9.97 Å². The summed E-state index contributed by atoms with van der Waals surface area (Å²) in [6, 6.07) is 18.3. The van der Waals surface area contributed by atoms with E-state index in [1.54, 1.807) is 6.07 Å². The minimum atomic E-state index is -0.0725. The van der Waals surface area contributed by atoms with Gasteiger partial charge < -0.3 is 10.3 Å². The number of hydrogen-bond donors (Lipinski definition) is 2. The summed E-state index contributed by atoms with van der Waals surface area (Å²) in [5.41, 5.74) is 1.97. The summed E-state index contributed by atoms with van der Waals surface area (Å²) < 4.78 is 0. The predicted octanol–water partition coefficient (Wildman–Crippen LogP) is 2.94. The molecule has 124 valence electrons. The molecule has 1 heterocycles. The predicted molar refractivity (Wildman–Crippen MR) is 96.7 cm³/mol. The summed E-state index contributed by atoms with van der Waals surface area (Å²) in [6.07, 6.45) is 0. The van der Waals surface area contributed by atoms with Crippen LogP contribution in [-0.2, 0) is 0 Å². The largest absolute Gasteiger partial charge is 0.331 e. The van der Waals surface area contributed by atoms with E-state index in [1.165, 1.54) is 5.56 Å². The monoisotopic (exact) mass is 322 g/mol. The molecule has 0 amide bonds. The molecule has 3 rings (SSSR count). The lowest BCUT2D eigenvalue weighted by atomic mass is 9.95. The second-order valence-electron chi connectivity index (χ2n) is 6.63. The van der Waals surface area contributed by atoms with Crippen LogP contribution in [0, 0.1) is 5.92 Å². The zero-order chi connectivity index (χ0) is 17.1. The van der Waals surface area contributed by atoms with E-state index in [-0.39, 0.29) is 11.6 Å². The summed E-state index contributed by atoms with van der Waals surface area (Å²) in [4.78, 5) is 19.9. The summed E-state index contributed by atoms with van der Waals surface area (Å²) in [5.74, 6) is 1.20. The van der Waals surface area contributed by atoms with Gasteiger partial charge in [-0.2, -0.15) is 0 Å². The van der Waals surface area contributed by atoms with E-state index < -0.39 is 0 Å². The maximum Gasteiger partial charge on any atom is 0.258 e. The third-order valence-corrected chi connectivity index (χ3v) is 4.46. The van der Waals surface area contributed by atoms with E-state index in [0.717, 1.165) is 11.3 Å². The van der Waals surface area contributed by atoms with E-state index in [4.69, 9.17) is 0 Å². The first-order valence-electron chi connectivity index (χ1n) is 8.45. The molecule has 0 saturated heterocycles. The number of nitrogens with one attached hydrogen (secondary N) is 1. The van der Waals surface area contributed by atoms with Crippen LogP contribution in [0.2, 0.25) is 0 Å². The molecular formula is C20H24N3O+. The van der Waals surface area contributed by atoms with Gasteiger partial charge in [-0.1, -0.05) is 56.3 Å². The third kappa shape index (κ3) is 3.39. The fourth-order valence-electron chi connectivity index (χ4n) is 3.12. The molecule has 0 aliphatic carbocycles. The lowest BCUT2D eigenvalue weighted by molar-refractivity contribution is -0.738. The first-order valence-corrected chi connectivity index (χ1v) is 8.45. The molecule has 0 unspecified atom stereocenters. The van der Waals surface area contributed by atoms with Crippen LogP contribution in [-0.4, -0.2) is 9.97 Å². The molecule has 3 N–H and O–H groups in total. The van der Waals surface area contributed by atoms with Gasteiger partial charge in [0.25, 0.3) is 5.56 Å². The van der Waals surface area contributed by atoms with E-state index in [0.29, 0.717) is 17.3 Å². The molecule has 4 nitrogen and oxygen atoms in total. The zero-order valence-electron chi connectivity index (χ0n) is 14.4. The number of fused-ring (bicyclic) bond motifs is 1. The molecule has 3 aromatic rings. The topological polar surface area (TPSA) is 62.4 Å². The third-order valence-electron chi connectivity index (χ3n) is 4.46. The standard InChI is InChI=1S/C20H23N3O/c1-13(2)18(15-9-5-4-6-10-15)21-14(3)19-22-17-12-8-7-11-16(17)20(24)23-19/h4-14,18,21H,1-3H3,(H,22,23,24)/p+1/t14-,18-/m1/s1. The molecule has 4 heteroatoms. The maximum atomic E-state index is 12.3. The molecule has 2 aromatic carbocycles. The van der Waals surface area contributed by atoms with Crippen molar-refractivity contribution in [2.45, 2.75) is 32.9 Å². The van der Waals surface area contributed by atoms with Crippen molar-refractivity contribution in [2.24, 2.45) is 5.92 Å². The molecule has 2 atom stereocenters. The van der Waals surface area contributed by atoms with Gasteiger partial charge in [0.2, 0.25) is 0 Å². The average molecular weight is 322 g/mol. The number of aromatic amines is 1. The Hall–Kier alpha value is -2.46. The molecule has 0 spiro atoms. The Kier molecular flexibility index (Phi) is 4.76. The maximum absolute atomic E-state index is 12.3. The lowest BCUT2D eigenvalue weighted by Gasteiger charge is -2.23. The Morgan fingerprint density at radius 1 is 0.958 bits per heavy atom. The average Bonchev–Trinajstić information content (AvgIpc) is 2.60. The quantitative estimate of drug-likeness (QED) is 0.758. The van der Waals surface area contributed by atoms with E-state index >= 15 is 0 Å². The van der Waals surface area contributed by atoms with Gasteiger partial charge in [-0.25, -0.2) is 4.98 Å². The minimum absolute atomic E-state index is 0.0647. The van der Waals surface area contributed by atoms with E-state index in [1.807, 2.05) is 24.3 Å². The zero-order valence-corrected chi connectivity index (χ0v) is 14.4. The van der Waals surface area contributed by atoms with Gasteiger partial charge in [-0.15, -0.1) is 0 Å². The van der Waals surface area contributed by atoms with Crippen molar-refractivity contribution in [3.05, 3.63) is 76.3 Å². The van der Waals surface area contributed by atoms with Gasteiger partial charge in [-0.3, -0.25) is 4.79 Å². The number of rotatable bonds is 5. The molecule has 0 radical (unpaired) electrons. The van der Waals surface area contributed by atoms with Crippen molar-refractivity contribution in [2.75, 3.05) is 0 Å². The second-order valence-corrected chi connectivity index (χ2v) is 6.63. The highest BCUT2D eigenvalue weighted by Gasteiger charge is 2.24. The lowest BCUT2D eigenvalue weighted by Crippen LogP contribution is -2.87. The molecule has 0 aliphatic rings. The second kappa shape index (κ2) is 6.97. The van der Waals surface area contributed by atoms with Gasteiger partial charge in [-0.05, 0) is 19.1 Å². The summed E-state index contributed by atoms with van der Waals surface area (Å²) in [6.45, 7) is 6.53. The molecule has 0 aliphatic heterocycles. The van der Waals surface area contributed by atoms with Crippen LogP contribution >= 0.6 is 0 Å². The smallest absolute Gasteiger partial charge is 0.258 e. The summed E-state index contributed by atoms with van der Waals surface area (Å²) in [5, 5.41) is 2.92. The fraction of sp³-hybridized carbons (Fsp3) is 0.300. The summed E-state index contributed by atoms with van der Waals surface area (Å²) >= 11 is 0. The number of quaternary nitrogens is 1. The number of aromatic nitrogens is 2. The molecule has 1 aromatic heterocycles. The van der Waals surface area contributed by atoms with Crippen LogP contribution in [0.25, 0.3) is 10.9 Å². The minimum Gasteiger partial charge on any atom is -0.331 e. The van der Waals surface area contributed by atoms with Crippen LogP contribution < -0.4 is 10.9 Å². The summed E-state index contributed by atoms with van der Waals surface area (Å²) in [7, 11) is 0. The number of H-pyrrole nitrogens is 1. The molecule has 0 fully saturated rings. The Morgan fingerprint density at radius 3 is 2.33 bits per heavy atom. The van der Waals surface area contributed by atoms with Crippen molar-refractivity contribution in [1.29, 1.82) is 0 Å². The Morgan fingerprint density at radius 2 is 1.62 bits per heavy atom. The first kappa shape index (κ1) is 16.4. The van der Waals surface area contributed by atoms with Gasteiger partial charge in [0.05, 0.1) is 10.9 Å². The van der Waals surface area contributed by atoms with Crippen molar-refractivity contribution in [3.63, 3.8) is 0 Å². The van der Waals surface area contributed by atoms with Crippen molar-refractivity contribution in [3.8, 4) is 0 Å². The van der Waals surface area contributed by atoms with Crippen molar-refractivity contribution >= 4 is 10.9 Å². The molecule has 24 heavy (non-hydrogen) atoms. The van der Waals surface area contributed by atoms with Crippen LogP contribution in [0.4, 0.5) is 0 Å². The van der Waals surface area contributed by atoms with Crippen LogP contribution in [0.1, 0.15) is 44.2 Å². The van der Waals surface area contributed by atoms with Crippen LogP contribution in [0.3, 0.4) is 0 Å². The Balaban J connectivity index is 1.91. The number of nitrogens with two attached hydrogens (primary N) is 1. The van der Waals surface area contributed by atoms with Gasteiger partial charge >= 0.3 is 0 Å². The highest BCUT2D eigenvalue weighted by molar-refractivity contribution is 5.77. The number of benzene rings is 2. The number of hydrogen-bond acceptors (Lipinski definition) is 2. The Labute approximate surface area is 142 Å². The van der Waals surface area contributed by atoms with Crippen molar-refractivity contribution < 1.29 is 5.32 Å². The molecular weight excluding hydrogens is 298 g/mol. The molecule has 0 saturated carbocycles.